The second-order valence-corrected chi connectivity index (χ2v) is 18.2. The average molecular weight is 881 g/mol. The molecule has 0 heterocycles. The van der Waals surface area contributed by atoms with Gasteiger partial charge in [-0.05, 0) is 49.9 Å². The Hall–Kier alpha value is -4.72. The van der Waals surface area contributed by atoms with Crippen LogP contribution < -0.4 is 18.9 Å². The van der Waals surface area contributed by atoms with Crippen LogP contribution in [0.4, 0.5) is 0 Å². The fourth-order valence-electron chi connectivity index (χ4n) is 10.3. The first-order valence-corrected chi connectivity index (χ1v) is 24.7. The van der Waals surface area contributed by atoms with Crippen molar-refractivity contribution in [2.24, 2.45) is 0 Å². The summed E-state index contributed by atoms with van der Waals surface area (Å²) in [6.45, 7) is 8.84. The van der Waals surface area contributed by atoms with Gasteiger partial charge in [-0.1, -0.05) is 130 Å². The molecule has 0 saturated carbocycles. The minimum atomic E-state index is -0.381. The topological polar surface area (TPSA) is 118 Å². The molecule has 64 heavy (non-hydrogen) atoms. The van der Waals surface area contributed by atoms with Crippen LogP contribution in [0.15, 0.2) is 48.5 Å². The van der Waals surface area contributed by atoms with E-state index in [2.05, 4.69) is 52.0 Å². The summed E-state index contributed by atoms with van der Waals surface area (Å²) in [5.74, 6) is 1.59. The highest BCUT2D eigenvalue weighted by Gasteiger charge is 2.34. The molecule has 2 unspecified atom stereocenters. The van der Waals surface area contributed by atoms with Crippen molar-refractivity contribution in [3.63, 3.8) is 0 Å². The molecule has 5 rings (SSSR count). The van der Waals surface area contributed by atoms with Crippen molar-refractivity contribution in [3.05, 3.63) is 93.0 Å². The lowest BCUT2D eigenvalue weighted by atomic mass is 9.76. The summed E-state index contributed by atoms with van der Waals surface area (Å²) in [6.07, 6.45) is 19.6. The minimum Gasteiger partial charge on any atom is -0.508 e. The summed E-state index contributed by atoms with van der Waals surface area (Å²) in [5.41, 5.74) is 6.62. The first kappa shape index (κ1) is 50.3. The molecule has 4 N–H and O–H groups in total. The average Bonchev–Trinajstić information content (AvgIpc) is 3.30. The molecule has 4 aromatic carbocycles. The number of rotatable bonds is 24. The monoisotopic (exact) mass is 881 g/mol. The molecular formula is C56H80O8. The third kappa shape index (κ3) is 11.9. The van der Waals surface area contributed by atoms with Gasteiger partial charge in [0.1, 0.15) is 46.0 Å². The summed E-state index contributed by atoms with van der Waals surface area (Å²) in [7, 11) is 6.61. The molecule has 1 aliphatic rings. The highest BCUT2D eigenvalue weighted by Crippen LogP contribution is 2.53. The van der Waals surface area contributed by atoms with Gasteiger partial charge in [-0.3, -0.25) is 0 Å². The first-order chi connectivity index (χ1) is 31.1. The molecule has 8 bridgehead atoms. The van der Waals surface area contributed by atoms with Crippen LogP contribution in [-0.2, 0) is 0 Å². The van der Waals surface area contributed by atoms with Gasteiger partial charge in [-0.25, -0.2) is 0 Å². The molecule has 4 aromatic rings. The Kier molecular flexibility index (Phi) is 19.7. The standard InChI is InChI=1S/C56H80O8/c1-9-13-17-21-25-37-41-29-45(53(61-5)33-49(41)57)38(26-22-18-14-10-2)43-31-47(55(63-7)35-51(43)59)40(28-24-20-16-12-4)48-32-44(52(60)36-56(48)64-8)39(27-23-19-15-11-3)46-30-42(37)50(58)34-54(46)62-6/h29-40,57-60H,9-28H2,1-8H3. The molecule has 8 heteroatoms. The molecule has 0 radical (unpaired) electrons. The van der Waals surface area contributed by atoms with E-state index in [1.807, 2.05) is 0 Å². The van der Waals surface area contributed by atoms with Gasteiger partial charge >= 0.3 is 0 Å². The van der Waals surface area contributed by atoms with Gasteiger partial charge in [0.05, 0.1) is 28.4 Å². The van der Waals surface area contributed by atoms with E-state index in [0.29, 0.717) is 40.5 Å². The van der Waals surface area contributed by atoms with Crippen molar-refractivity contribution < 1.29 is 39.4 Å². The predicted molar refractivity (Wildman–Crippen MR) is 261 cm³/mol. The van der Waals surface area contributed by atoms with Crippen molar-refractivity contribution in [2.45, 2.75) is 180 Å². The summed E-state index contributed by atoms with van der Waals surface area (Å²) in [6, 6.07) is 15.5. The van der Waals surface area contributed by atoms with Gasteiger partial charge in [-0.2, -0.15) is 0 Å². The molecule has 2 atom stereocenters. The Labute approximate surface area is 385 Å². The lowest BCUT2D eigenvalue weighted by Crippen LogP contribution is -2.13. The molecular weight excluding hydrogens is 801 g/mol. The van der Waals surface area contributed by atoms with E-state index in [4.69, 9.17) is 18.9 Å². The van der Waals surface area contributed by atoms with Crippen molar-refractivity contribution in [3.8, 4) is 46.0 Å². The van der Waals surface area contributed by atoms with Crippen LogP contribution in [-0.4, -0.2) is 48.9 Å². The lowest BCUT2D eigenvalue weighted by molar-refractivity contribution is 0.385. The van der Waals surface area contributed by atoms with Gasteiger partial charge in [0.2, 0.25) is 0 Å². The highest BCUT2D eigenvalue weighted by molar-refractivity contribution is 5.62. The summed E-state index contributed by atoms with van der Waals surface area (Å²) in [4.78, 5) is 0. The van der Waals surface area contributed by atoms with Gasteiger partial charge in [0.15, 0.2) is 0 Å². The zero-order chi connectivity index (χ0) is 46.2. The van der Waals surface area contributed by atoms with Crippen LogP contribution in [0.3, 0.4) is 0 Å². The number of fused-ring (bicyclic) bond motifs is 8. The van der Waals surface area contributed by atoms with Crippen LogP contribution in [0.5, 0.6) is 46.0 Å². The maximum atomic E-state index is 12.2. The number of ether oxygens (including phenoxy) is 4. The fraction of sp³-hybridized carbons (Fsp3) is 0.571. The van der Waals surface area contributed by atoms with Gasteiger partial charge in [0, 0.05) is 92.4 Å². The molecule has 0 amide bonds. The zero-order valence-electron chi connectivity index (χ0n) is 40.5. The first-order valence-electron chi connectivity index (χ1n) is 24.7. The number of phenolic OH excluding ortho intramolecular Hbond substituents is 4. The van der Waals surface area contributed by atoms with E-state index in [9.17, 15) is 20.4 Å². The molecule has 352 valence electrons. The maximum Gasteiger partial charge on any atom is 0.126 e. The van der Waals surface area contributed by atoms with Crippen LogP contribution in [0.1, 0.15) is 224 Å². The number of benzene rings is 4. The van der Waals surface area contributed by atoms with E-state index in [-0.39, 0.29) is 46.7 Å². The van der Waals surface area contributed by atoms with Crippen molar-refractivity contribution in [2.75, 3.05) is 28.4 Å². The Bertz CT molecular complexity index is 1940. The zero-order valence-corrected chi connectivity index (χ0v) is 40.5. The molecule has 0 aromatic heterocycles. The third-order valence-corrected chi connectivity index (χ3v) is 13.9. The number of methoxy groups -OCH3 is 4. The molecule has 8 nitrogen and oxygen atoms in total. The normalized spacial score (nSPS) is 17.0. The Morgan fingerprint density at radius 1 is 0.297 bits per heavy atom. The summed E-state index contributed by atoms with van der Waals surface area (Å²) < 4.78 is 24.6. The van der Waals surface area contributed by atoms with E-state index in [1.54, 1.807) is 52.7 Å². The summed E-state index contributed by atoms with van der Waals surface area (Å²) >= 11 is 0. The van der Waals surface area contributed by atoms with Crippen LogP contribution in [0, 0.1) is 0 Å². The van der Waals surface area contributed by atoms with E-state index in [0.717, 1.165) is 155 Å². The molecule has 0 fully saturated rings. The smallest absolute Gasteiger partial charge is 0.126 e. The molecule has 1 aliphatic carbocycles. The van der Waals surface area contributed by atoms with Gasteiger partial charge in [-0.15, -0.1) is 0 Å². The Balaban J connectivity index is 1.96. The fourth-order valence-corrected chi connectivity index (χ4v) is 10.3. The van der Waals surface area contributed by atoms with Crippen molar-refractivity contribution in [1.29, 1.82) is 0 Å². The van der Waals surface area contributed by atoms with E-state index in [1.165, 1.54) is 0 Å². The van der Waals surface area contributed by atoms with Crippen LogP contribution >= 0.6 is 0 Å². The Morgan fingerprint density at radius 2 is 0.500 bits per heavy atom. The van der Waals surface area contributed by atoms with E-state index < -0.39 is 0 Å². The molecule has 0 aliphatic heterocycles. The SMILES string of the molecule is CCCCCCC1c2cc(c(OC)cc2O)C(CCCCCC)c2cc(c(OC)cc2O)C(CCCCCC)c2cc(c(O)cc2OC)C(CCCCCC)c2cc1c(O)cc2OC. The number of aromatic hydroxyl groups is 4. The van der Waals surface area contributed by atoms with E-state index >= 15 is 0 Å². The lowest BCUT2D eigenvalue weighted by Gasteiger charge is -2.30. The quantitative estimate of drug-likeness (QED) is 0.0514. The second-order valence-electron chi connectivity index (χ2n) is 18.2. The second kappa shape index (κ2) is 25.1. The molecule has 0 spiro atoms. The number of unbranched alkanes of at least 4 members (excludes halogenated alkanes) is 12. The van der Waals surface area contributed by atoms with Crippen molar-refractivity contribution in [1.82, 2.24) is 0 Å². The molecule has 0 saturated heterocycles. The summed E-state index contributed by atoms with van der Waals surface area (Å²) in [5, 5.41) is 48.6. The maximum absolute atomic E-state index is 12.2. The van der Waals surface area contributed by atoms with Crippen molar-refractivity contribution >= 4 is 0 Å². The Morgan fingerprint density at radius 3 is 0.703 bits per heavy atom. The van der Waals surface area contributed by atoms with Gasteiger partial charge in [0.25, 0.3) is 0 Å². The third-order valence-electron chi connectivity index (χ3n) is 13.9. The van der Waals surface area contributed by atoms with Crippen LogP contribution in [0.25, 0.3) is 0 Å². The number of hydrogen-bond acceptors (Lipinski definition) is 8. The largest absolute Gasteiger partial charge is 0.508 e. The predicted octanol–water partition coefficient (Wildman–Crippen LogP) is 15.3. The van der Waals surface area contributed by atoms with Gasteiger partial charge < -0.3 is 39.4 Å². The number of hydrogen-bond donors (Lipinski definition) is 4. The highest BCUT2D eigenvalue weighted by atomic mass is 16.5. The van der Waals surface area contributed by atoms with Crippen LogP contribution in [0.2, 0.25) is 0 Å². The number of phenols is 4. The minimum absolute atomic E-state index is 0.101.